The molecule has 4 rings (SSSR count). The van der Waals surface area contributed by atoms with Gasteiger partial charge in [-0.3, -0.25) is 4.68 Å². The fourth-order valence-electron chi connectivity index (χ4n) is 4.62. The van der Waals surface area contributed by atoms with Crippen molar-refractivity contribution in [1.29, 1.82) is 0 Å². The molecule has 2 aliphatic carbocycles. The molecule has 168 valence electrons. The van der Waals surface area contributed by atoms with Gasteiger partial charge in [0.1, 0.15) is 6.04 Å². The minimum atomic E-state index is -4.21. The van der Waals surface area contributed by atoms with Gasteiger partial charge in [-0.2, -0.15) is 17.9 Å². The van der Waals surface area contributed by atoms with Gasteiger partial charge >= 0.3 is 10.0 Å². The number of aryl methyl sites for hydroxylation is 3. The summed E-state index contributed by atoms with van der Waals surface area (Å²) in [4.78, 5) is 0. The number of nitrogens with zero attached hydrogens (tertiary/aromatic N) is 4. The van der Waals surface area contributed by atoms with Crippen LogP contribution in [0.25, 0.3) is 0 Å². The third-order valence-electron chi connectivity index (χ3n) is 6.66. The van der Waals surface area contributed by atoms with E-state index in [2.05, 4.69) is 20.9 Å². The van der Waals surface area contributed by atoms with Crippen LogP contribution in [0.15, 0.2) is 21.6 Å². The Kier molecular flexibility index (Phi) is 5.37. The maximum absolute atomic E-state index is 12.8. The largest absolute Gasteiger partial charge is 0.845 e. The maximum atomic E-state index is 12.8. The first-order valence-electron chi connectivity index (χ1n) is 10.8. The summed E-state index contributed by atoms with van der Waals surface area (Å²) in [6, 6.07) is 2.93. The summed E-state index contributed by atoms with van der Waals surface area (Å²) in [5.41, 5.74) is 6.36. The molecule has 1 aromatic heterocycles. The molecule has 8 nitrogen and oxygen atoms in total. The molecule has 1 atom stereocenters. The second-order valence-electron chi connectivity index (χ2n) is 9.55. The number of amidine groups is 1. The monoisotopic (exact) mass is 445 g/mol. The molecule has 0 spiro atoms. The molecular weight excluding hydrogens is 414 g/mol. The van der Waals surface area contributed by atoms with Gasteiger partial charge in [0.05, 0.1) is 32.9 Å². The number of nitrogens with one attached hydrogen (secondary N) is 1. The van der Waals surface area contributed by atoms with Gasteiger partial charge in [0.15, 0.2) is 5.03 Å². The number of sulfonamides is 1. The number of quaternary nitrogens is 1. The van der Waals surface area contributed by atoms with Gasteiger partial charge in [-0.05, 0) is 67.7 Å². The normalized spacial score (nSPS) is 17.5. The fraction of sp³-hybridized carbons (Fsp3) is 0.545. The lowest BCUT2D eigenvalue weighted by molar-refractivity contribution is -0.900. The van der Waals surface area contributed by atoms with Gasteiger partial charge in [-0.25, -0.2) is 0 Å². The highest BCUT2D eigenvalue weighted by atomic mass is 32.2. The summed E-state index contributed by atoms with van der Waals surface area (Å²) in [6.07, 6.45) is 5.91. The first kappa shape index (κ1) is 21.8. The molecule has 2 aromatic rings. The average Bonchev–Trinajstić information content (AvgIpc) is 3.38. The predicted octanol–water partition coefficient (Wildman–Crippen LogP) is 1.68. The van der Waals surface area contributed by atoms with E-state index in [1.807, 2.05) is 28.1 Å². The van der Waals surface area contributed by atoms with E-state index < -0.39 is 16.0 Å². The molecule has 0 bridgehead atoms. The smallest absolute Gasteiger partial charge is 0.302 e. The van der Waals surface area contributed by atoms with E-state index in [0.717, 1.165) is 61.0 Å². The molecule has 1 unspecified atom stereocenters. The van der Waals surface area contributed by atoms with Gasteiger partial charge in [-0.1, -0.05) is 6.07 Å². The summed E-state index contributed by atoms with van der Waals surface area (Å²) in [5, 5.41) is 19.4. The van der Waals surface area contributed by atoms with Crippen LogP contribution in [-0.4, -0.2) is 49.8 Å². The Balaban J connectivity index is 1.65. The molecule has 2 aliphatic rings. The molecular formula is C22H31N5O3S. The fourth-order valence-corrected chi connectivity index (χ4v) is 5.47. The third kappa shape index (κ3) is 4.08. The zero-order chi connectivity index (χ0) is 22.6. The van der Waals surface area contributed by atoms with Crippen LogP contribution >= 0.6 is 0 Å². The zero-order valence-electron chi connectivity index (χ0n) is 18.9. The maximum Gasteiger partial charge on any atom is 0.302 e. The van der Waals surface area contributed by atoms with Crippen molar-refractivity contribution in [3.05, 3.63) is 40.1 Å². The van der Waals surface area contributed by atoms with E-state index in [1.165, 1.54) is 17.2 Å². The molecule has 1 N–H and O–H groups in total. The van der Waals surface area contributed by atoms with Gasteiger partial charge in [0, 0.05) is 18.8 Å². The van der Waals surface area contributed by atoms with Crippen molar-refractivity contribution in [2.75, 3.05) is 26.5 Å². The molecule has 0 saturated carbocycles. The summed E-state index contributed by atoms with van der Waals surface area (Å²) in [7, 11) is 3.58. The van der Waals surface area contributed by atoms with E-state index in [4.69, 9.17) is 0 Å². The van der Waals surface area contributed by atoms with Gasteiger partial charge in [-0.15, -0.1) is 0 Å². The second-order valence-corrected chi connectivity index (χ2v) is 11.1. The molecule has 0 saturated heterocycles. The van der Waals surface area contributed by atoms with Gasteiger partial charge < -0.3 is 14.9 Å². The quantitative estimate of drug-likeness (QED) is 0.429. The van der Waals surface area contributed by atoms with Crippen LogP contribution in [0.4, 0.5) is 5.69 Å². The Morgan fingerprint density at radius 1 is 1.13 bits per heavy atom. The van der Waals surface area contributed by atoms with Crippen molar-refractivity contribution in [2.45, 2.75) is 56.5 Å². The lowest BCUT2D eigenvalue weighted by Gasteiger charge is -2.31. The summed E-state index contributed by atoms with van der Waals surface area (Å²) >= 11 is 0. The summed E-state index contributed by atoms with van der Waals surface area (Å²) in [5.74, 6) is 0. The number of hydrogen-bond acceptors (Lipinski definition) is 4. The molecule has 9 heteroatoms. The zero-order valence-corrected chi connectivity index (χ0v) is 19.7. The van der Waals surface area contributed by atoms with Gasteiger partial charge in [0.2, 0.25) is 0 Å². The number of aromatic nitrogens is 2. The highest BCUT2D eigenvalue weighted by Crippen LogP contribution is 2.38. The van der Waals surface area contributed by atoms with E-state index in [0.29, 0.717) is 4.48 Å². The number of anilines is 1. The second kappa shape index (κ2) is 7.63. The summed E-state index contributed by atoms with van der Waals surface area (Å²) < 4.78 is 31.4. The van der Waals surface area contributed by atoms with Crippen molar-refractivity contribution in [2.24, 2.45) is 11.4 Å². The standard InChI is InChI=1S/C22H31N5O3S/c1-14(27(3,4)5)19-13-20(24-26(19)2)31(29,30)25-22(28)23-21-17-10-6-8-15(17)12-16-9-7-11-18(16)21/h12-14H,6-11H2,1-5H3,(H-,23,25,28). The van der Waals surface area contributed by atoms with Gasteiger partial charge in [0.25, 0.3) is 0 Å². The van der Waals surface area contributed by atoms with Crippen LogP contribution in [0.1, 0.15) is 53.8 Å². The minimum absolute atomic E-state index is 0.0183. The van der Waals surface area contributed by atoms with E-state index in [1.54, 1.807) is 11.7 Å². The first-order valence-corrected chi connectivity index (χ1v) is 12.2. The van der Waals surface area contributed by atoms with Crippen molar-refractivity contribution in [3.63, 3.8) is 0 Å². The Labute approximate surface area is 184 Å². The molecule has 0 amide bonds. The van der Waals surface area contributed by atoms with Crippen molar-refractivity contribution < 1.29 is 18.0 Å². The van der Waals surface area contributed by atoms with Crippen LogP contribution < -0.4 is 10.4 Å². The van der Waals surface area contributed by atoms with Crippen LogP contribution in [0.3, 0.4) is 0 Å². The van der Waals surface area contributed by atoms with E-state index in [-0.39, 0.29) is 11.1 Å². The molecule has 31 heavy (non-hydrogen) atoms. The number of benzene rings is 1. The molecule has 0 aliphatic heterocycles. The Hall–Kier alpha value is -2.39. The van der Waals surface area contributed by atoms with Crippen LogP contribution in [0.5, 0.6) is 0 Å². The van der Waals surface area contributed by atoms with Crippen molar-refractivity contribution in [3.8, 4) is 0 Å². The minimum Gasteiger partial charge on any atom is -0.845 e. The van der Waals surface area contributed by atoms with Crippen LogP contribution in [0, 0.1) is 0 Å². The highest BCUT2D eigenvalue weighted by molar-refractivity contribution is 7.90. The van der Waals surface area contributed by atoms with Crippen molar-refractivity contribution >= 4 is 21.7 Å². The predicted molar refractivity (Wildman–Crippen MR) is 118 cm³/mol. The average molecular weight is 446 g/mol. The molecule has 1 heterocycles. The number of hydrogen-bond donors (Lipinski definition) is 1. The Morgan fingerprint density at radius 2 is 1.71 bits per heavy atom. The van der Waals surface area contributed by atoms with Crippen LogP contribution in [-0.2, 0) is 42.8 Å². The first-order chi connectivity index (χ1) is 14.5. The van der Waals surface area contributed by atoms with Crippen molar-refractivity contribution in [1.82, 2.24) is 9.78 Å². The van der Waals surface area contributed by atoms with E-state index >= 15 is 0 Å². The number of fused-ring (bicyclic) bond motifs is 2. The third-order valence-corrected chi connectivity index (χ3v) is 7.79. The summed E-state index contributed by atoms with van der Waals surface area (Å²) in [6.45, 7) is 2.01. The number of rotatable bonds is 5. The lowest BCUT2D eigenvalue weighted by Crippen LogP contribution is -2.38. The Bertz CT molecular complexity index is 1130. The van der Waals surface area contributed by atoms with Crippen LogP contribution in [0.2, 0.25) is 0 Å². The topological polar surface area (TPSA) is 99.4 Å². The Morgan fingerprint density at radius 3 is 2.26 bits per heavy atom. The molecule has 0 fully saturated rings. The lowest BCUT2D eigenvalue weighted by atomic mass is 9.99. The van der Waals surface area contributed by atoms with E-state index in [9.17, 15) is 13.5 Å². The SMILES string of the molecule is CC(c1cc(S(=O)(=O)/N=C(\[O-])Nc2c3c(cc4c2CCC4)CCC3)nn1C)[N+](C)(C)C. The molecule has 0 radical (unpaired) electrons. The highest BCUT2D eigenvalue weighted by Gasteiger charge is 2.28. The molecule has 1 aromatic carbocycles.